The number of rotatable bonds is 3. The molecule has 0 unspecified atom stereocenters. The van der Waals surface area contributed by atoms with Gasteiger partial charge < -0.3 is 9.11 Å². The summed E-state index contributed by atoms with van der Waals surface area (Å²) in [5, 5.41) is 0. The molecule has 0 aromatic heterocycles. The van der Waals surface area contributed by atoms with Gasteiger partial charge in [-0.2, -0.15) is 3.71 Å². The molecule has 7 nitrogen and oxygen atoms in total. The minimum atomic E-state index is -5.39. The summed E-state index contributed by atoms with van der Waals surface area (Å²) in [7, 11) is -10.8. The monoisotopic (exact) mass is 329 g/mol. The first-order chi connectivity index (χ1) is 6.73. The van der Waals surface area contributed by atoms with Crippen molar-refractivity contribution in [3.05, 3.63) is 30.3 Å². The molecule has 0 aliphatic heterocycles. The zero-order valence-electron chi connectivity index (χ0n) is 9.10. The normalized spacial score (nSPS) is 10.9. The van der Waals surface area contributed by atoms with Crippen LogP contribution < -0.4 is 106 Å². The van der Waals surface area contributed by atoms with E-state index in [9.17, 15) is 25.9 Å². The van der Waals surface area contributed by atoms with Gasteiger partial charge in [-0.25, -0.2) is 16.8 Å². The molecule has 0 amide bonds. The Labute approximate surface area is 185 Å². The van der Waals surface area contributed by atoms with E-state index in [1.807, 2.05) is 0 Å². The molecule has 1 aromatic rings. The van der Waals surface area contributed by atoms with Crippen molar-refractivity contribution in [3.8, 4) is 0 Å². The van der Waals surface area contributed by atoms with Crippen LogP contribution in [0.25, 0.3) is 0 Å². The third-order valence-corrected chi connectivity index (χ3v) is 3.70. The molecule has 0 saturated carbocycles. The molecule has 0 radical (unpaired) electrons. The van der Waals surface area contributed by atoms with Gasteiger partial charge in [-0.05, 0) is 12.1 Å². The van der Waals surface area contributed by atoms with Gasteiger partial charge in [-0.3, -0.25) is 0 Å². The Kier molecular flexibility index (Phi) is 10.6. The van der Waals surface area contributed by atoms with Crippen LogP contribution in [0.15, 0.2) is 30.3 Å². The maximum absolute atomic E-state index is 10.6. The molecule has 0 bridgehead atoms. The van der Waals surface area contributed by atoms with Crippen LogP contribution in [0.5, 0.6) is 0 Å². The second-order valence-corrected chi connectivity index (χ2v) is 5.12. The van der Waals surface area contributed by atoms with Gasteiger partial charge in [0.15, 0.2) is 20.6 Å². The van der Waals surface area contributed by atoms with Gasteiger partial charge >= 0.3 is 103 Å². The minimum Gasteiger partial charge on any atom is -0.730 e. The van der Waals surface area contributed by atoms with Crippen molar-refractivity contribution >= 4 is 26.3 Å². The van der Waals surface area contributed by atoms with E-state index in [1.165, 1.54) is 18.2 Å². The molecule has 0 aliphatic rings. The summed E-state index contributed by atoms with van der Waals surface area (Å²) in [4.78, 5) is 0. The maximum atomic E-state index is 10.6. The fraction of sp³-hybridized carbons (Fsp3) is 0. The molecule has 0 heterocycles. The van der Waals surface area contributed by atoms with Crippen LogP contribution >= 0.6 is 0 Å². The molecule has 0 saturated heterocycles. The SMILES string of the molecule is O=S(=O)([O-])N(c1ccccc1)S(=O)(=O)[O-].[K+].[K+]. The first-order valence-electron chi connectivity index (χ1n) is 3.50. The van der Waals surface area contributed by atoms with Gasteiger partial charge in [0.1, 0.15) is 0 Å². The molecule has 0 spiro atoms. The van der Waals surface area contributed by atoms with Gasteiger partial charge in [0.05, 0.1) is 5.69 Å². The van der Waals surface area contributed by atoms with Crippen LogP contribution in [0, 0.1) is 0 Å². The Morgan fingerprint density at radius 1 is 0.824 bits per heavy atom. The third-order valence-electron chi connectivity index (χ3n) is 1.37. The van der Waals surface area contributed by atoms with Gasteiger partial charge in [0.2, 0.25) is 0 Å². The molecule has 0 aliphatic carbocycles. The van der Waals surface area contributed by atoms with E-state index in [0.29, 0.717) is 0 Å². The van der Waals surface area contributed by atoms with E-state index in [2.05, 4.69) is 0 Å². The maximum Gasteiger partial charge on any atom is 1.00 e. The topological polar surface area (TPSA) is 118 Å². The molecule has 11 heteroatoms. The second kappa shape index (κ2) is 8.41. The number of hydrogen-bond donors (Lipinski definition) is 0. The largest absolute Gasteiger partial charge is 1.00 e. The summed E-state index contributed by atoms with van der Waals surface area (Å²) in [5.41, 5.74) is -0.512. The van der Waals surface area contributed by atoms with Crippen molar-refractivity contribution in [1.82, 2.24) is 0 Å². The Bertz CT molecular complexity index is 511. The Morgan fingerprint density at radius 3 is 1.47 bits per heavy atom. The molecule has 1 rings (SSSR count). The predicted octanol–water partition coefficient (Wildman–Crippen LogP) is -6.58. The smallest absolute Gasteiger partial charge is 0.730 e. The molecule has 84 valence electrons. The third kappa shape index (κ3) is 6.90. The summed E-state index contributed by atoms with van der Waals surface area (Å²) in [5.74, 6) is 0. The zero-order valence-corrected chi connectivity index (χ0v) is 17.0. The van der Waals surface area contributed by atoms with Gasteiger partial charge in [-0.15, -0.1) is 0 Å². The fourth-order valence-electron chi connectivity index (χ4n) is 0.920. The predicted molar refractivity (Wildman–Crippen MR) is 48.3 cm³/mol. The van der Waals surface area contributed by atoms with E-state index in [-0.39, 0.29) is 103 Å². The second-order valence-electron chi connectivity index (χ2n) is 2.45. The average molecular weight is 329 g/mol. The number of hydrogen-bond acceptors (Lipinski definition) is 6. The van der Waals surface area contributed by atoms with E-state index in [0.717, 1.165) is 12.1 Å². The van der Waals surface area contributed by atoms with Crippen LogP contribution in [0.3, 0.4) is 0 Å². The molecule has 17 heavy (non-hydrogen) atoms. The minimum absolute atomic E-state index is 0. The van der Waals surface area contributed by atoms with Crippen molar-refractivity contribution < 1.29 is 129 Å². The van der Waals surface area contributed by atoms with E-state index < -0.39 is 30.0 Å². The zero-order chi connectivity index (χ0) is 11.7. The van der Waals surface area contributed by atoms with Gasteiger partial charge in [0, 0.05) is 0 Å². The number of anilines is 1. The number of para-hydroxylation sites is 1. The van der Waals surface area contributed by atoms with Crippen LogP contribution in [0.4, 0.5) is 5.69 Å². The average Bonchev–Trinajstić information content (AvgIpc) is 2.00. The number of benzene rings is 1. The van der Waals surface area contributed by atoms with Gasteiger partial charge in [0.25, 0.3) is 0 Å². The molecule has 0 fully saturated rings. The van der Waals surface area contributed by atoms with Crippen LogP contribution in [0.1, 0.15) is 0 Å². The summed E-state index contributed by atoms with van der Waals surface area (Å²) in [6, 6.07) is 6.09. The van der Waals surface area contributed by atoms with Crippen molar-refractivity contribution in [1.29, 1.82) is 0 Å². The first kappa shape index (κ1) is 21.4. The van der Waals surface area contributed by atoms with Crippen LogP contribution in [-0.4, -0.2) is 25.9 Å². The standard InChI is InChI=1S/C6H7NO6S2.2K/c8-14(9,10)7(15(11,12)13)6-4-2-1-3-5-6;;/h1-5H,(H,8,9,10)(H,11,12,13);;/q;2*+1/p-2. The molecular weight excluding hydrogens is 324 g/mol. The molecular formula is C6H5K2NO6S2. The van der Waals surface area contributed by atoms with E-state index >= 15 is 0 Å². The van der Waals surface area contributed by atoms with Crippen LogP contribution in [0.2, 0.25) is 0 Å². The van der Waals surface area contributed by atoms with Crippen molar-refractivity contribution in [3.63, 3.8) is 0 Å². The van der Waals surface area contributed by atoms with Crippen molar-refractivity contribution in [2.24, 2.45) is 0 Å². The Morgan fingerprint density at radius 2 is 1.18 bits per heavy atom. The van der Waals surface area contributed by atoms with Crippen LogP contribution in [-0.2, 0) is 20.6 Å². The molecule has 0 N–H and O–H groups in total. The molecule has 1 aromatic carbocycles. The molecule has 0 atom stereocenters. The Hall–Kier alpha value is 2.11. The van der Waals surface area contributed by atoms with Gasteiger partial charge in [-0.1, -0.05) is 18.2 Å². The van der Waals surface area contributed by atoms with E-state index in [4.69, 9.17) is 0 Å². The van der Waals surface area contributed by atoms with Crippen molar-refractivity contribution in [2.45, 2.75) is 0 Å². The fourth-order valence-corrected chi connectivity index (χ4v) is 2.57. The summed E-state index contributed by atoms with van der Waals surface area (Å²) < 4.78 is 62.7. The van der Waals surface area contributed by atoms with Crippen molar-refractivity contribution in [2.75, 3.05) is 3.71 Å². The summed E-state index contributed by atoms with van der Waals surface area (Å²) in [6.45, 7) is 0. The first-order valence-corrected chi connectivity index (χ1v) is 6.23. The quantitative estimate of drug-likeness (QED) is 0.402. The summed E-state index contributed by atoms with van der Waals surface area (Å²) in [6.07, 6.45) is 0. The van der Waals surface area contributed by atoms with E-state index in [1.54, 1.807) is 0 Å². The number of nitrogens with zero attached hydrogens (tertiary/aromatic N) is 1. The summed E-state index contributed by atoms with van der Waals surface area (Å²) >= 11 is 0. The Balaban J connectivity index is 0.